The third kappa shape index (κ3) is 3.64. The van der Waals surface area contributed by atoms with Crippen LogP contribution in [0.2, 0.25) is 0 Å². The highest BCUT2D eigenvalue weighted by Gasteiger charge is 2.11. The van der Waals surface area contributed by atoms with Gasteiger partial charge in [-0.25, -0.2) is 0 Å². The summed E-state index contributed by atoms with van der Waals surface area (Å²) in [5.41, 5.74) is 2.52. The van der Waals surface area contributed by atoms with Gasteiger partial charge in [-0.05, 0) is 71.7 Å². The van der Waals surface area contributed by atoms with E-state index in [0.29, 0.717) is 6.54 Å². The highest BCUT2D eigenvalue weighted by Crippen LogP contribution is 2.18. The molecule has 0 bridgehead atoms. The summed E-state index contributed by atoms with van der Waals surface area (Å²) in [6.07, 6.45) is 2.68. The fourth-order valence-electron chi connectivity index (χ4n) is 2.61. The first-order chi connectivity index (χ1) is 9.79. The molecule has 3 nitrogen and oxygen atoms in total. The standard InChI is InChI=1S/C16H19BrN2O/c17-16-7-6-15(20-16)11-18-14-5-3-4-13(10-14)12-19-8-1-2-9-19/h3-7,10,18H,1-2,8-9,11-12H2. The van der Waals surface area contributed by atoms with E-state index in [1.807, 2.05) is 12.1 Å². The van der Waals surface area contributed by atoms with Crippen LogP contribution in [0.15, 0.2) is 45.5 Å². The largest absolute Gasteiger partial charge is 0.452 e. The van der Waals surface area contributed by atoms with Gasteiger partial charge in [-0.1, -0.05) is 12.1 Å². The Hall–Kier alpha value is -1.26. The molecule has 1 aliphatic rings. The summed E-state index contributed by atoms with van der Waals surface area (Å²) < 4.78 is 6.26. The quantitative estimate of drug-likeness (QED) is 0.885. The average molecular weight is 335 g/mol. The predicted molar refractivity (Wildman–Crippen MR) is 84.7 cm³/mol. The molecule has 1 fully saturated rings. The van der Waals surface area contributed by atoms with Gasteiger partial charge < -0.3 is 9.73 Å². The second kappa shape index (κ2) is 6.46. The summed E-state index contributed by atoms with van der Waals surface area (Å²) >= 11 is 3.32. The maximum Gasteiger partial charge on any atom is 0.169 e. The molecule has 0 amide bonds. The highest BCUT2D eigenvalue weighted by molar-refractivity contribution is 9.10. The first-order valence-electron chi connectivity index (χ1n) is 7.09. The number of benzene rings is 1. The lowest BCUT2D eigenvalue weighted by Gasteiger charge is -2.15. The molecule has 2 aromatic rings. The van der Waals surface area contributed by atoms with Gasteiger partial charge in [0.2, 0.25) is 0 Å². The van der Waals surface area contributed by atoms with Gasteiger partial charge in [-0.15, -0.1) is 0 Å². The van der Waals surface area contributed by atoms with Crippen molar-refractivity contribution in [3.05, 3.63) is 52.4 Å². The predicted octanol–water partition coefficient (Wildman–Crippen LogP) is 4.25. The average Bonchev–Trinajstić information content (AvgIpc) is 3.09. The topological polar surface area (TPSA) is 28.4 Å². The Kier molecular flexibility index (Phi) is 4.43. The van der Waals surface area contributed by atoms with Crippen molar-refractivity contribution in [1.29, 1.82) is 0 Å². The minimum absolute atomic E-state index is 0.707. The summed E-state index contributed by atoms with van der Waals surface area (Å²) in [6.45, 7) is 4.23. The van der Waals surface area contributed by atoms with E-state index in [1.54, 1.807) is 0 Å². The van der Waals surface area contributed by atoms with Crippen LogP contribution in [0, 0.1) is 0 Å². The summed E-state index contributed by atoms with van der Waals surface area (Å²) in [7, 11) is 0. The van der Waals surface area contributed by atoms with Crippen LogP contribution in [0.25, 0.3) is 0 Å². The van der Waals surface area contributed by atoms with E-state index >= 15 is 0 Å². The summed E-state index contributed by atoms with van der Waals surface area (Å²) in [6, 6.07) is 12.5. The molecule has 0 atom stereocenters. The molecule has 1 aromatic heterocycles. The van der Waals surface area contributed by atoms with E-state index < -0.39 is 0 Å². The van der Waals surface area contributed by atoms with Crippen LogP contribution in [0.1, 0.15) is 24.2 Å². The molecule has 1 aliphatic heterocycles. The molecule has 1 N–H and O–H groups in total. The third-order valence-corrected chi connectivity index (χ3v) is 4.05. The van der Waals surface area contributed by atoms with E-state index in [9.17, 15) is 0 Å². The molecule has 1 saturated heterocycles. The Morgan fingerprint density at radius 1 is 1.15 bits per heavy atom. The second-order valence-electron chi connectivity index (χ2n) is 5.24. The zero-order valence-electron chi connectivity index (χ0n) is 11.4. The van der Waals surface area contributed by atoms with E-state index in [4.69, 9.17) is 4.42 Å². The number of hydrogen-bond donors (Lipinski definition) is 1. The monoisotopic (exact) mass is 334 g/mol. The number of halogens is 1. The maximum atomic E-state index is 5.49. The minimum atomic E-state index is 0.707. The van der Waals surface area contributed by atoms with E-state index in [1.165, 1.54) is 31.5 Å². The third-order valence-electron chi connectivity index (χ3n) is 3.63. The second-order valence-corrected chi connectivity index (χ2v) is 6.02. The zero-order valence-corrected chi connectivity index (χ0v) is 13.0. The van der Waals surface area contributed by atoms with Crippen LogP contribution in [0.5, 0.6) is 0 Å². The lowest BCUT2D eigenvalue weighted by atomic mass is 10.2. The Balaban J connectivity index is 1.58. The Morgan fingerprint density at radius 2 is 2.00 bits per heavy atom. The van der Waals surface area contributed by atoms with Gasteiger partial charge in [-0.3, -0.25) is 4.90 Å². The maximum absolute atomic E-state index is 5.49. The molecule has 0 saturated carbocycles. The van der Waals surface area contributed by atoms with Crippen molar-refractivity contribution in [2.45, 2.75) is 25.9 Å². The van der Waals surface area contributed by atoms with Gasteiger partial charge in [0, 0.05) is 12.2 Å². The van der Waals surface area contributed by atoms with Crippen molar-refractivity contribution in [2.24, 2.45) is 0 Å². The SMILES string of the molecule is Brc1ccc(CNc2cccc(CN3CCCC3)c2)o1. The van der Waals surface area contributed by atoms with E-state index in [-0.39, 0.29) is 0 Å². The molecule has 0 spiro atoms. The molecule has 106 valence electrons. The fraction of sp³-hybridized carbons (Fsp3) is 0.375. The van der Waals surface area contributed by atoms with Gasteiger partial charge in [0.05, 0.1) is 6.54 Å². The Morgan fingerprint density at radius 3 is 2.75 bits per heavy atom. The molecular weight excluding hydrogens is 316 g/mol. The smallest absolute Gasteiger partial charge is 0.169 e. The molecule has 0 radical (unpaired) electrons. The number of hydrogen-bond acceptors (Lipinski definition) is 3. The molecule has 0 aliphatic carbocycles. The molecule has 3 rings (SSSR count). The minimum Gasteiger partial charge on any atom is -0.452 e. The number of nitrogens with one attached hydrogen (secondary N) is 1. The van der Waals surface area contributed by atoms with Crippen molar-refractivity contribution >= 4 is 21.6 Å². The van der Waals surface area contributed by atoms with Gasteiger partial charge in [0.1, 0.15) is 5.76 Å². The van der Waals surface area contributed by atoms with Crippen molar-refractivity contribution in [2.75, 3.05) is 18.4 Å². The van der Waals surface area contributed by atoms with Crippen LogP contribution in [0.3, 0.4) is 0 Å². The first kappa shape index (κ1) is 13.7. The van der Waals surface area contributed by atoms with Crippen molar-refractivity contribution in [1.82, 2.24) is 4.90 Å². The van der Waals surface area contributed by atoms with Gasteiger partial charge in [0.25, 0.3) is 0 Å². The van der Waals surface area contributed by atoms with Crippen LogP contribution in [0.4, 0.5) is 5.69 Å². The lowest BCUT2D eigenvalue weighted by molar-refractivity contribution is 0.331. The molecule has 4 heteroatoms. The Labute approximate surface area is 128 Å². The molecule has 2 heterocycles. The highest BCUT2D eigenvalue weighted by atomic mass is 79.9. The number of anilines is 1. The summed E-state index contributed by atoms with van der Waals surface area (Å²) in [5, 5.41) is 3.41. The van der Waals surface area contributed by atoms with Crippen molar-refractivity contribution in [3.63, 3.8) is 0 Å². The first-order valence-corrected chi connectivity index (χ1v) is 7.88. The summed E-state index contributed by atoms with van der Waals surface area (Å²) in [5.74, 6) is 0.932. The van der Waals surface area contributed by atoms with Crippen molar-refractivity contribution in [3.8, 4) is 0 Å². The van der Waals surface area contributed by atoms with E-state index in [0.717, 1.165) is 22.7 Å². The number of furan rings is 1. The van der Waals surface area contributed by atoms with E-state index in [2.05, 4.69) is 50.4 Å². The molecule has 1 aromatic carbocycles. The summed E-state index contributed by atoms with van der Waals surface area (Å²) in [4.78, 5) is 2.52. The fourth-order valence-corrected chi connectivity index (χ4v) is 2.95. The Bertz CT molecular complexity index is 561. The number of likely N-dealkylation sites (tertiary alicyclic amines) is 1. The van der Waals surface area contributed by atoms with Gasteiger partial charge in [-0.2, -0.15) is 0 Å². The molecule has 0 unspecified atom stereocenters. The van der Waals surface area contributed by atoms with Crippen molar-refractivity contribution < 1.29 is 4.42 Å². The molecule has 20 heavy (non-hydrogen) atoms. The number of nitrogens with zero attached hydrogens (tertiary/aromatic N) is 1. The van der Waals surface area contributed by atoms with Crippen LogP contribution in [-0.2, 0) is 13.1 Å². The normalized spacial score (nSPS) is 15.7. The zero-order chi connectivity index (χ0) is 13.8. The number of rotatable bonds is 5. The lowest BCUT2D eigenvalue weighted by Crippen LogP contribution is -2.18. The van der Waals surface area contributed by atoms with Crippen LogP contribution >= 0.6 is 15.9 Å². The van der Waals surface area contributed by atoms with Crippen LogP contribution < -0.4 is 5.32 Å². The van der Waals surface area contributed by atoms with Crippen LogP contribution in [-0.4, -0.2) is 18.0 Å². The molecular formula is C16H19BrN2O. The van der Waals surface area contributed by atoms with Gasteiger partial charge in [0.15, 0.2) is 4.67 Å². The van der Waals surface area contributed by atoms with Gasteiger partial charge >= 0.3 is 0 Å².